The van der Waals surface area contributed by atoms with E-state index in [1.807, 2.05) is 6.20 Å². The summed E-state index contributed by atoms with van der Waals surface area (Å²) >= 11 is 0. The van der Waals surface area contributed by atoms with E-state index in [1.165, 1.54) is 38.8 Å². The molecule has 0 bridgehead atoms. The SMILES string of the molecule is Cc1cnc(-c2cccc3c2oc2cc4c(cc23)C(C)(C)c2ccccc2-4)cc1C. The number of rotatable bonds is 1. The molecule has 0 amide bonds. The molecule has 0 fully saturated rings. The third-order valence-corrected chi connectivity index (χ3v) is 6.85. The predicted molar refractivity (Wildman–Crippen MR) is 124 cm³/mol. The topological polar surface area (TPSA) is 26.0 Å². The smallest absolute Gasteiger partial charge is 0.144 e. The van der Waals surface area contributed by atoms with E-state index in [1.54, 1.807) is 0 Å². The molecule has 3 aromatic carbocycles. The van der Waals surface area contributed by atoms with Crippen LogP contribution in [0.5, 0.6) is 0 Å². The first-order valence-electron chi connectivity index (χ1n) is 10.5. The van der Waals surface area contributed by atoms with Gasteiger partial charge in [-0.3, -0.25) is 4.98 Å². The zero-order valence-corrected chi connectivity index (χ0v) is 17.7. The lowest BCUT2D eigenvalue weighted by molar-refractivity contribution is 0.658. The van der Waals surface area contributed by atoms with Crippen molar-refractivity contribution in [2.45, 2.75) is 33.1 Å². The van der Waals surface area contributed by atoms with Crippen LogP contribution in [0, 0.1) is 13.8 Å². The summed E-state index contributed by atoms with van der Waals surface area (Å²) in [5, 5.41) is 2.33. The van der Waals surface area contributed by atoms with Crippen molar-refractivity contribution in [2.24, 2.45) is 0 Å². The number of aromatic nitrogens is 1. The zero-order chi connectivity index (χ0) is 20.6. The first-order chi connectivity index (χ1) is 14.4. The molecule has 2 aromatic heterocycles. The number of pyridine rings is 1. The molecule has 1 aliphatic carbocycles. The highest BCUT2D eigenvalue weighted by Crippen LogP contribution is 2.50. The van der Waals surface area contributed by atoms with Gasteiger partial charge in [-0.25, -0.2) is 0 Å². The number of nitrogens with zero attached hydrogens (tertiary/aromatic N) is 1. The van der Waals surface area contributed by atoms with Gasteiger partial charge in [-0.1, -0.05) is 50.2 Å². The van der Waals surface area contributed by atoms with Gasteiger partial charge in [0, 0.05) is 27.9 Å². The van der Waals surface area contributed by atoms with Gasteiger partial charge < -0.3 is 4.42 Å². The third-order valence-electron chi connectivity index (χ3n) is 6.85. The second kappa shape index (κ2) is 5.82. The average Bonchev–Trinajstić information content (AvgIpc) is 3.22. The van der Waals surface area contributed by atoms with E-state index in [4.69, 9.17) is 4.42 Å². The lowest BCUT2D eigenvalue weighted by Crippen LogP contribution is -2.14. The van der Waals surface area contributed by atoms with Gasteiger partial charge in [-0.2, -0.15) is 0 Å². The molecule has 0 aliphatic heterocycles. The molecule has 30 heavy (non-hydrogen) atoms. The first-order valence-corrected chi connectivity index (χ1v) is 10.5. The molecular formula is C28H23NO. The molecule has 0 atom stereocenters. The highest BCUT2D eigenvalue weighted by molar-refractivity contribution is 6.11. The normalized spacial score (nSPS) is 14.3. The fourth-order valence-corrected chi connectivity index (χ4v) is 4.97. The van der Waals surface area contributed by atoms with Crippen LogP contribution < -0.4 is 0 Å². The number of aryl methyl sites for hydroxylation is 2. The van der Waals surface area contributed by atoms with Crippen molar-refractivity contribution < 1.29 is 4.42 Å². The summed E-state index contributed by atoms with van der Waals surface area (Å²) in [5.41, 5.74) is 11.6. The van der Waals surface area contributed by atoms with Crippen molar-refractivity contribution in [3.8, 4) is 22.4 Å². The van der Waals surface area contributed by atoms with Gasteiger partial charge >= 0.3 is 0 Å². The van der Waals surface area contributed by atoms with Crippen molar-refractivity contribution in [1.29, 1.82) is 0 Å². The van der Waals surface area contributed by atoms with Crippen molar-refractivity contribution >= 4 is 21.9 Å². The Labute approximate surface area is 176 Å². The number of para-hydroxylation sites is 1. The van der Waals surface area contributed by atoms with Crippen LogP contribution in [0.25, 0.3) is 44.3 Å². The van der Waals surface area contributed by atoms with E-state index in [2.05, 4.69) is 93.3 Å². The Morgan fingerprint density at radius 3 is 2.37 bits per heavy atom. The Hall–Kier alpha value is -3.39. The van der Waals surface area contributed by atoms with Gasteiger partial charge in [-0.15, -0.1) is 0 Å². The third kappa shape index (κ3) is 2.22. The molecule has 0 N–H and O–H groups in total. The van der Waals surface area contributed by atoms with Crippen LogP contribution in [0.1, 0.15) is 36.1 Å². The van der Waals surface area contributed by atoms with Crippen molar-refractivity contribution in [3.63, 3.8) is 0 Å². The van der Waals surface area contributed by atoms with E-state index in [0.29, 0.717) is 0 Å². The van der Waals surface area contributed by atoms with Crippen molar-refractivity contribution in [1.82, 2.24) is 4.98 Å². The summed E-state index contributed by atoms with van der Waals surface area (Å²) in [6.07, 6.45) is 1.94. The minimum atomic E-state index is -0.0169. The van der Waals surface area contributed by atoms with E-state index in [0.717, 1.165) is 27.8 Å². The second-order valence-corrected chi connectivity index (χ2v) is 9.00. The molecule has 0 saturated carbocycles. The van der Waals surface area contributed by atoms with E-state index >= 15 is 0 Å². The summed E-state index contributed by atoms with van der Waals surface area (Å²) in [6, 6.07) is 21.8. The van der Waals surface area contributed by atoms with Gasteiger partial charge in [0.2, 0.25) is 0 Å². The van der Waals surface area contributed by atoms with E-state index in [-0.39, 0.29) is 5.41 Å². The molecule has 146 valence electrons. The molecule has 5 aromatic rings. The molecule has 2 heterocycles. The molecule has 6 rings (SSSR count). The summed E-state index contributed by atoms with van der Waals surface area (Å²) < 4.78 is 6.48. The second-order valence-electron chi connectivity index (χ2n) is 9.00. The number of hydrogen-bond acceptors (Lipinski definition) is 2. The van der Waals surface area contributed by atoms with Crippen LogP contribution in [0.3, 0.4) is 0 Å². The molecule has 0 radical (unpaired) electrons. The van der Waals surface area contributed by atoms with Crippen molar-refractivity contribution in [2.75, 3.05) is 0 Å². The summed E-state index contributed by atoms with van der Waals surface area (Å²) in [4.78, 5) is 4.68. The van der Waals surface area contributed by atoms with Gasteiger partial charge in [0.1, 0.15) is 11.2 Å². The minimum Gasteiger partial charge on any atom is -0.455 e. The standard InChI is InChI=1S/C28H23NO/c1-16-12-25(29-15-17(16)2)20-10-7-9-19-22-13-24-21(14-26(22)30-27(19)20)18-8-5-6-11-23(18)28(24,3)4/h5-15H,1-4H3. The first kappa shape index (κ1) is 17.5. The van der Waals surface area contributed by atoms with Crippen LogP contribution >= 0.6 is 0 Å². The summed E-state index contributed by atoms with van der Waals surface area (Å²) in [5.74, 6) is 0. The number of fused-ring (bicyclic) bond motifs is 6. The Morgan fingerprint density at radius 2 is 1.53 bits per heavy atom. The molecule has 0 unspecified atom stereocenters. The highest BCUT2D eigenvalue weighted by atomic mass is 16.3. The summed E-state index contributed by atoms with van der Waals surface area (Å²) in [6.45, 7) is 8.85. The largest absolute Gasteiger partial charge is 0.455 e. The molecule has 1 aliphatic rings. The van der Waals surface area contributed by atoms with Crippen LogP contribution in [0.2, 0.25) is 0 Å². The lowest BCUT2D eigenvalue weighted by Gasteiger charge is -2.21. The average molecular weight is 389 g/mol. The molecular weight excluding hydrogens is 366 g/mol. The predicted octanol–water partition coefficient (Wildman–Crippen LogP) is 7.57. The molecule has 0 saturated heterocycles. The van der Waals surface area contributed by atoms with Crippen LogP contribution in [-0.4, -0.2) is 4.98 Å². The fourth-order valence-electron chi connectivity index (χ4n) is 4.97. The van der Waals surface area contributed by atoms with E-state index in [9.17, 15) is 0 Å². The number of furan rings is 1. The van der Waals surface area contributed by atoms with Crippen LogP contribution in [0.4, 0.5) is 0 Å². The fraction of sp³-hybridized carbons (Fsp3) is 0.179. The summed E-state index contributed by atoms with van der Waals surface area (Å²) in [7, 11) is 0. The number of hydrogen-bond donors (Lipinski definition) is 0. The van der Waals surface area contributed by atoms with Crippen LogP contribution in [0.15, 0.2) is 71.3 Å². The van der Waals surface area contributed by atoms with Gasteiger partial charge in [0.25, 0.3) is 0 Å². The van der Waals surface area contributed by atoms with Gasteiger partial charge in [-0.05, 0) is 71.5 Å². The maximum atomic E-state index is 6.48. The van der Waals surface area contributed by atoms with Crippen molar-refractivity contribution in [3.05, 3.63) is 89.1 Å². The Kier molecular flexibility index (Phi) is 3.39. The molecule has 2 heteroatoms. The maximum absolute atomic E-state index is 6.48. The van der Waals surface area contributed by atoms with Crippen LogP contribution in [-0.2, 0) is 5.41 Å². The maximum Gasteiger partial charge on any atom is 0.144 e. The molecule has 0 spiro atoms. The molecule has 2 nitrogen and oxygen atoms in total. The number of benzene rings is 3. The lowest BCUT2D eigenvalue weighted by atomic mass is 9.82. The van der Waals surface area contributed by atoms with Gasteiger partial charge in [0.05, 0.1) is 5.69 Å². The minimum absolute atomic E-state index is 0.0169. The quantitative estimate of drug-likeness (QED) is 0.295. The Balaban J connectivity index is 1.65. The highest BCUT2D eigenvalue weighted by Gasteiger charge is 2.36. The van der Waals surface area contributed by atoms with E-state index < -0.39 is 0 Å². The zero-order valence-electron chi connectivity index (χ0n) is 17.7. The Bertz CT molecular complexity index is 1490. The monoisotopic (exact) mass is 389 g/mol. The Morgan fingerprint density at radius 1 is 0.733 bits per heavy atom. The van der Waals surface area contributed by atoms with Gasteiger partial charge in [0.15, 0.2) is 0 Å².